The predicted molar refractivity (Wildman–Crippen MR) is 192 cm³/mol. The van der Waals surface area contributed by atoms with E-state index in [-0.39, 0.29) is 22.7 Å². The molecule has 0 aliphatic carbocycles. The number of benzene rings is 5. The molecule has 0 amide bonds. The van der Waals surface area contributed by atoms with Crippen LogP contribution in [0.25, 0.3) is 0 Å². The summed E-state index contributed by atoms with van der Waals surface area (Å²) in [5.74, 6) is -0.788. The Morgan fingerprint density at radius 2 is 0.455 bits per heavy atom. The van der Waals surface area contributed by atoms with E-state index < -0.39 is 11.8 Å². The van der Waals surface area contributed by atoms with Gasteiger partial charge in [-0.2, -0.15) is 0 Å². The molecule has 12 heteroatoms. The quantitative estimate of drug-likeness (QED) is 0.103. The molecule has 5 aromatic carbocycles. The number of nitrogen functional groups attached to an aromatic ring is 4. The van der Waals surface area contributed by atoms with Crippen molar-refractivity contribution in [3.05, 3.63) is 146 Å². The van der Waals surface area contributed by atoms with Crippen molar-refractivity contribution in [2.45, 2.75) is 11.8 Å². The Hall–Kier alpha value is -2.38. The zero-order chi connectivity index (χ0) is 32.0. The van der Waals surface area contributed by atoms with Crippen LogP contribution in [0.2, 0.25) is 40.2 Å². The molecule has 0 radical (unpaired) electrons. The fourth-order valence-corrected chi connectivity index (χ4v) is 7.13. The summed E-state index contributed by atoms with van der Waals surface area (Å²) >= 11 is 51.7. The van der Waals surface area contributed by atoms with Gasteiger partial charge in [0.1, 0.15) is 0 Å². The van der Waals surface area contributed by atoms with Gasteiger partial charge in [-0.3, -0.25) is 0 Å². The molecule has 0 bridgehead atoms. The summed E-state index contributed by atoms with van der Waals surface area (Å²) in [5.41, 5.74) is 30.1. The molecule has 0 aliphatic rings. The molecule has 0 atom stereocenters. The number of anilines is 4. The van der Waals surface area contributed by atoms with Crippen molar-refractivity contribution in [1.82, 2.24) is 0 Å². The van der Waals surface area contributed by atoms with E-state index in [1.807, 2.05) is 24.3 Å². The second-order valence-electron chi connectivity index (χ2n) is 10.1. The van der Waals surface area contributed by atoms with Crippen molar-refractivity contribution in [3.8, 4) is 0 Å². The highest BCUT2D eigenvalue weighted by molar-refractivity contribution is 6.40. The average molecular weight is 746 g/mol. The molecule has 0 aromatic heterocycles. The lowest BCUT2D eigenvalue weighted by Gasteiger charge is -2.24. The summed E-state index contributed by atoms with van der Waals surface area (Å²) in [6.45, 7) is 0. The van der Waals surface area contributed by atoms with Gasteiger partial charge in [0.2, 0.25) is 0 Å². The topological polar surface area (TPSA) is 104 Å². The molecule has 0 spiro atoms. The third-order valence-corrected chi connectivity index (χ3v) is 9.84. The van der Waals surface area contributed by atoms with Crippen molar-refractivity contribution in [1.29, 1.82) is 0 Å². The second kappa shape index (κ2) is 13.2. The molecule has 0 heterocycles. The predicted octanol–water partition coefficient (Wildman–Crippen LogP) is 11.6. The van der Waals surface area contributed by atoms with Crippen molar-refractivity contribution in [3.63, 3.8) is 0 Å². The lowest BCUT2D eigenvalue weighted by atomic mass is 9.81. The summed E-state index contributed by atoms with van der Waals surface area (Å²) in [6.07, 6.45) is 0. The van der Waals surface area contributed by atoms with Crippen LogP contribution in [-0.4, -0.2) is 0 Å². The normalized spacial score (nSPS) is 11.5. The summed E-state index contributed by atoms with van der Waals surface area (Å²) in [7, 11) is 0. The maximum absolute atomic E-state index is 6.46. The van der Waals surface area contributed by atoms with Gasteiger partial charge in [-0.05, 0) is 81.9 Å². The highest BCUT2D eigenvalue weighted by Gasteiger charge is 2.25. The highest BCUT2D eigenvalue weighted by atomic mass is 35.5. The standard InChI is InChI=1S/C32H22Cl8N4/c33-19-5-15(6-20(34)29(19)41)27(16-7-21(35)30(42)22(36)8-16)13-1-2-14(4-3-13)28(17-9-23(37)31(43)24(38)10-17)18-11-25(39)32(44)26(40)12-18/h1-12,27-28H,41-44H2. The van der Waals surface area contributed by atoms with E-state index in [1.165, 1.54) is 0 Å². The smallest absolute Gasteiger partial charge is 0.0693 e. The Bertz CT molecular complexity index is 1570. The van der Waals surface area contributed by atoms with Gasteiger partial charge in [0, 0.05) is 11.8 Å². The number of hydrogen-bond acceptors (Lipinski definition) is 4. The van der Waals surface area contributed by atoms with Gasteiger partial charge in [-0.1, -0.05) is 117 Å². The maximum atomic E-state index is 6.46. The molecule has 0 fully saturated rings. The van der Waals surface area contributed by atoms with Crippen molar-refractivity contribution in [2.24, 2.45) is 0 Å². The minimum atomic E-state index is -0.394. The summed E-state index contributed by atoms with van der Waals surface area (Å²) in [6, 6.07) is 22.0. The molecule has 226 valence electrons. The number of rotatable bonds is 6. The van der Waals surface area contributed by atoms with E-state index in [1.54, 1.807) is 48.5 Å². The lowest BCUT2D eigenvalue weighted by Crippen LogP contribution is -2.08. The third-order valence-electron chi connectivity index (χ3n) is 7.34. The van der Waals surface area contributed by atoms with Gasteiger partial charge in [-0.25, -0.2) is 0 Å². The Kier molecular flexibility index (Phi) is 9.87. The fraction of sp³-hybridized carbons (Fsp3) is 0.0625. The van der Waals surface area contributed by atoms with Crippen molar-refractivity contribution in [2.75, 3.05) is 22.9 Å². The first-order valence-electron chi connectivity index (χ1n) is 12.8. The molecular formula is C32H22Cl8N4. The van der Waals surface area contributed by atoms with Crippen LogP contribution in [0.1, 0.15) is 45.2 Å². The Morgan fingerprint density at radius 3 is 0.614 bits per heavy atom. The van der Waals surface area contributed by atoms with E-state index >= 15 is 0 Å². The molecule has 8 N–H and O–H groups in total. The largest absolute Gasteiger partial charge is 0.396 e. The summed E-state index contributed by atoms with van der Waals surface area (Å²) in [4.78, 5) is 0. The van der Waals surface area contributed by atoms with Gasteiger partial charge in [-0.15, -0.1) is 0 Å². The van der Waals surface area contributed by atoms with Gasteiger partial charge in [0.15, 0.2) is 0 Å². The van der Waals surface area contributed by atoms with Gasteiger partial charge < -0.3 is 22.9 Å². The molecular weight excluding hydrogens is 724 g/mol. The van der Waals surface area contributed by atoms with Crippen molar-refractivity contribution >= 4 is 116 Å². The molecule has 4 nitrogen and oxygen atoms in total. The molecule has 5 rings (SSSR count). The molecule has 44 heavy (non-hydrogen) atoms. The van der Waals surface area contributed by atoms with E-state index in [0.29, 0.717) is 40.2 Å². The van der Waals surface area contributed by atoms with Crippen LogP contribution >= 0.6 is 92.8 Å². The first-order chi connectivity index (χ1) is 20.8. The van der Waals surface area contributed by atoms with Gasteiger partial charge >= 0.3 is 0 Å². The fourth-order valence-electron chi connectivity index (χ4n) is 5.12. The zero-order valence-electron chi connectivity index (χ0n) is 22.4. The molecule has 0 saturated carbocycles. The van der Waals surface area contributed by atoms with E-state index in [2.05, 4.69) is 0 Å². The van der Waals surface area contributed by atoms with Crippen LogP contribution in [0, 0.1) is 0 Å². The van der Waals surface area contributed by atoms with E-state index in [9.17, 15) is 0 Å². The second-order valence-corrected chi connectivity index (χ2v) is 13.4. The van der Waals surface area contributed by atoms with Crippen LogP contribution in [-0.2, 0) is 0 Å². The first kappa shape index (κ1) is 33.0. The Labute approximate surface area is 294 Å². The van der Waals surface area contributed by atoms with Crippen LogP contribution in [0.3, 0.4) is 0 Å². The molecule has 5 aromatic rings. The van der Waals surface area contributed by atoms with Gasteiger partial charge in [0.25, 0.3) is 0 Å². The summed E-state index contributed by atoms with van der Waals surface area (Å²) in [5, 5.41) is 2.53. The van der Waals surface area contributed by atoms with Crippen LogP contribution in [0.5, 0.6) is 0 Å². The molecule has 0 unspecified atom stereocenters. The monoisotopic (exact) mass is 742 g/mol. The minimum absolute atomic E-state index is 0.282. The Morgan fingerprint density at radius 1 is 0.295 bits per heavy atom. The number of hydrogen-bond donors (Lipinski definition) is 4. The van der Waals surface area contributed by atoms with Gasteiger partial charge in [0.05, 0.1) is 62.9 Å². The van der Waals surface area contributed by atoms with Crippen LogP contribution in [0.4, 0.5) is 22.7 Å². The first-order valence-corrected chi connectivity index (χ1v) is 15.9. The SMILES string of the molecule is Nc1c(Cl)cc(C(c2ccc(C(c3cc(Cl)c(N)c(Cl)c3)c3cc(Cl)c(N)c(Cl)c3)cc2)c2cc(Cl)c(N)c(Cl)c2)cc1Cl. The van der Waals surface area contributed by atoms with Crippen LogP contribution in [0.15, 0.2) is 72.8 Å². The maximum Gasteiger partial charge on any atom is 0.0693 e. The number of nitrogens with two attached hydrogens (primary N) is 4. The highest BCUT2D eigenvalue weighted by Crippen LogP contribution is 2.44. The average Bonchev–Trinajstić information content (AvgIpc) is 2.97. The molecule has 0 aliphatic heterocycles. The summed E-state index contributed by atoms with van der Waals surface area (Å²) < 4.78 is 0. The Balaban J connectivity index is 1.70. The van der Waals surface area contributed by atoms with E-state index in [0.717, 1.165) is 33.4 Å². The van der Waals surface area contributed by atoms with E-state index in [4.69, 9.17) is 116 Å². The third kappa shape index (κ3) is 6.46. The molecule has 0 saturated heterocycles. The van der Waals surface area contributed by atoms with Crippen molar-refractivity contribution < 1.29 is 0 Å². The van der Waals surface area contributed by atoms with Crippen LogP contribution < -0.4 is 22.9 Å². The lowest BCUT2D eigenvalue weighted by molar-refractivity contribution is 0.952. The zero-order valence-corrected chi connectivity index (χ0v) is 28.5. The number of halogens is 8. The minimum Gasteiger partial charge on any atom is -0.396 e.